The third kappa shape index (κ3) is 2.67. The second-order valence-corrected chi connectivity index (χ2v) is 5.69. The second kappa shape index (κ2) is 5.77. The van der Waals surface area contributed by atoms with Gasteiger partial charge in [-0.2, -0.15) is 0 Å². The van der Waals surface area contributed by atoms with Crippen LogP contribution in [-0.2, 0) is 0 Å². The van der Waals surface area contributed by atoms with Crippen LogP contribution >= 0.6 is 11.6 Å². The first-order valence-corrected chi connectivity index (χ1v) is 7.28. The molecule has 0 heterocycles. The molecule has 0 aromatic heterocycles. The maximum atomic E-state index is 12.2. The number of amides is 1. The first-order valence-electron chi connectivity index (χ1n) is 6.84. The molecule has 0 bridgehead atoms. The van der Waals surface area contributed by atoms with Gasteiger partial charge in [-0.05, 0) is 29.7 Å². The molecule has 1 aliphatic carbocycles. The van der Waals surface area contributed by atoms with Crippen molar-refractivity contribution in [3.8, 4) is 0 Å². The van der Waals surface area contributed by atoms with Crippen molar-refractivity contribution in [1.29, 1.82) is 0 Å². The number of benzene rings is 2. The van der Waals surface area contributed by atoms with Crippen LogP contribution in [0, 0.1) is 10.1 Å². The van der Waals surface area contributed by atoms with E-state index in [1.807, 2.05) is 6.07 Å². The molecule has 0 fully saturated rings. The quantitative estimate of drug-likeness (QED) is 0.532. The van der Waals surface area contributed by atoms with Crippen molar-refractivity contribution in [2.75, 3.05) is 0 Å². The number of hydrogen-bond acceptors (Lipinski definition) is 3. The number of nitrogens with zero attached hydrogens (tertiary/aromatic N) is 1. The van der Waals surface area contributed by atoms with Gasteiger partial charge in [-0.3, -0.25) is 14.9 Å². The Hall–Kier alpha value is -2.40. The van der Waals surface area contributed by atoms with Gasteiger partial charge in [0.2, 0.25) is 0 Å². The molecule has 2 aromatic carbocycles. The minimum Gasteiger partial charge on any atom is -0.345 e. The Bertz CT molecular complexity index is 733. The molecular formula is C16H13ClN2O3. The third-order valence-electron chi connectivity index (χ3n) is 3.78. The summed E-state index contributed by atoms with van der Waals surface area (Å²) >= 11 is 6.28. The zero-order valence-electron chi connectivity index (χ0n) is 11.5. The predicted octanol–water partition coefficient (Wildman–Crippen LogP) is 3.75. The molecule has 1 N–H and O–H groups in total. The summed E-state index contributed by atoms with van der Waals surface area (Å²) in [5, 5.41) is 13.6. The standard InChI is InChI=1S/C16H13ClN2O3/c17-14-9-15(18-16(20)10-4-2-1-3-5-10)13-8-11(19(21)22)6-7-12(13)14/h1-8,14-15H,9H2,(H,18,20). The molecule has 3 rings (SSSR count). The van der Waals surface area contributed by atoms with E-state index in [1.54, 1.807) is 30.3 Å². The Balaban J connectivity index is 1.87. The van der Waals surface area contributed by atoms with Gasteiger partial charge in [0.25, 0.3) is 11.6 Å². The summed E-state index contributed by atoms with van der Waals surface area (Å²) < 4.78 is 0. The summed E-state index contributed by atoms with van der Waals surface area (Å²) in [6, 6.07) is 13.1. The van der Waals surface area contributed by atoms with Crippen LogP contribution in [0.1, 0.15) is 39.3 Å². The molecule has 5 nitrogen and oxygen atoms in total. The topological polar surface area (TPSA) is 72.2 Å². The maximum Gasteiger partial charge on any atom is 0.269 e. The number of nitro groups is 1. The summed E-state index contributed by atoms with van der Waals surface area (Å²) in [5.41, 5.74) is 2.11. The molecule has 0 aliphatic heterocycles. The maximum absolute atomic E-state index is 12.2. The molecule has 0 radical (unpaired) electrons. The summed E-state index contributed by atoms with van der Waals surface area (Å²) in [4.78, 5) is 22.7. The van der Waals surface area contributed by atoms with Crippen molar-refractivity contribution in [3.63, 3.8) is 0 Å². The number of halogens is 1. The minimum atomic E-state index is -0.447. The van der Waals surface area contributed by atoms with E-state index in [2.05, 4.69) is 5.32 Å². The van der Waals surface area contributed by atoms with Crippen LogP contribution < -0.4 is 5.32 Å². The summed E-state index contributed by atoms with van der Waals surface area (Å²) in [6.45, 7) is 0. The van der Waals surface area contributed by atoms with Crippen molar-refractivity contribution >= 4 is 23.2 Å². The van der Waals surface area contributed by atoms with E-state index in [1.165, 1.54) is 12.1 Å². The highest BCUT2D eigenvalue weighted by Crippen LogP contribution is 2.43. The lowest BCUT2D eigenvalue weighted by atomic mass is 10.1. The molecule has 112 valence electrons. The molecule has 1 aliphatic rings. The highest BCUT2D eigenvalue weighted by Gasteiger charge is 2.32. The fourth-order valence-electron chi connectivity index (χ4n) is 2.69. The summed E-state index contributed by atoms with van der Waals surface area (Å²) in [7, 11) is 0. The SMILES string of the molecule is O=C(NC1CC(Cl)c2ccc([N+](=O)[O-])cc21)c1ccccc1. The van der Waals surface area contributed by atoms with Gasteiger partial charge in [0, 0.05) is 17.7 Å². The monoisotopic (exact) mass is 316 g/mol. The van der Waals surface area contributed by atoms with Crippen molar-refractivity contribution in [2.24, 2.45) is 0 Å². The largest absolute Gasteiger partial charge is 0.345 e. The first-order chi connectivity index (χ1) is 10.6. The van der Waals surface area contributed by atoms with Gasteiger partial charge in [0.05, 0.1) is 16.3 Å². The van der Waals surface area contributed by atoms with E-state index in [9.17, 15) is 14.9 Å². The van der Waals surface area contributed by atoms with Gasteiger partial charge >= 0.3 is 0 Å². The molecule has 2 aromatic rings. The Morgan fingerprint density at radius 3 is 2.59 bits per heavy atom. The molecule has 22 heavy (non-hydrogen) atoms. The van der Waals surface area contributed by atoms with Crippen LogP contribution in [-0.4, -0.2) is 10.8 Å². The number of hydrogen-bond donors (Lipinski definition) is 1. The summed E-state index contributed by atoms with van der Waals surface area (Å²) in [5.74, 6) is -0.214. The number of rotatable bonds is 3. The fourth-order valence-corrected chi connectivity index (χ4v) is 3.07. The number of nitrogens with one attached hydrogen (secondary N) is 1. The van der Waals surface area contributed by atoms with Crippen LogP contribution in [0.5, 0.6) is 0 Å². The Morgan fingerprint density at radius 2 is 1.91 bits per heavy atom. The van der Waals surface area contributed by atoms with Gasteiger partial charge in [0.15, 0.2) is 0 Å². The van der Waals surface area contributed by atoms with Crippen LogP contribution in [0.15, 0.2) is 48.5 Å². The highest BCUT2D eigenvalue weighted by atomic mass is 35.5. The Labute approximate surface area is 132 Å². The van der Waals surface area contributed by atoms with E-state index in [0.29, 0.717) is 12.0 Å². The lowest BCUT2D eigenvalue weighted by Gasteiger charge is -2.14. The average Bonchev–Trinajstić information content (AvgIpc) is 2.84. The number of alkyl halides is 1. The fraction of sp³-hybridized carbons (Fsp3) is 0.188. The van der Waals surface area contributed by atoms with Crippen molar-refractivity contribution in [1.82, 2.24) is 5.32 Å². The molecule has 0 saturated carbocycles. The zero-order valence-corrected chi connectivity index (χ0v) is 12.3. The van der Waals surface area contributed by atoms with Gasteiger partial charge in [-0.25, -0.2) is 0 Å². The molecule has 2 atom stereocenters. The molecule has 6 heteroatoms. The molecule has 1 amide bonds. The van der Waals surface area contributed by atoms with E-state index in [4.69, 9.17) is 11.6 Å². The molecule has 2 unspecified atom stereocenters. The van der Waals surface area contributed by atoms with Crippen LogP contribution in [0.3, 0.4) is 0 Å². The third-order valence-corrected chi connectivity index (χ3v) is 4.19. The number of carbonyl (C=O) groups excluding carboxylic acids is 1. The van der Waals surface area contributed by atoms with Crippen LogP contribution in [0.4, 0.5) is 5.69 Å². The van der Waals surface area contributed by atoms with E-state index < -0.39 is 4.92 Å². The van der Waals surface area contributed by atoms with Crippen LogP contribution in [0.2, 0.25) is 0 Å². The second-order valence-electron chi connectivity index (χ2n) is 5.17. The predicted molar refractivity (Wildman–Crippen MR) is 83.0 cm³/mol. The lowest BCUT2D eigenvalue weighted by molar-refractivity contribution is -0.384. The van der Waals surface area contributed by atoms with Crippen LogP contribution in [0.25, 0.3) is 0 Å². The van der Waals surface area contributed by atoms with E-state index >= 15 is 0 Å². The lowest BCUT2D eigenvalue weighted by Crippen LogP contribution is -2.27. The van der Waals surface area contributed by atoms with E-state index in [0.717, 1.165) is 11.1 Å². The molecular weight excluding hydrogens is 304 g/mol. The van der Waals surface area contributed by atoms with Crippen molar-refractivity contribution < 1.29 is 9.72 Å². The van der Waals surface area contributed by atoms with Gasteiger partial charge < -0.3 is 5.32 Å². The number of non-ortho nitro benzene ring substituents is 1. The minimum absolute atomic E-state index is 0.00322. The summed E-state index contributed by atoms with van der Waals surface area (Å²) in [6.07, 6.45) is 0.524. The number of fused-ring (bicyclic) bond motifs is 1. The Kier molecular flexibility index (Phi) is 3.81. The van der Waals surface area contributed by atoms with Gasteiger partial charge in [-0.1, -0.05) is 24.3 Å². The average molecular weight is 317 g/mol. The van der Waals surface area contributed by atoms with Crippen molar-refractivity contribution in [2.45, 2.75) is 17.8 Å². The number of nitro benzene ring substituents is 1. The highest BCUT2D eigenvalue weighted by molar-refractivity contribution is 6.21. The van der Waals surface area contributed by atoms with Crippen molar-refractivity contribution in [3.05, 3.63) is 75.3 Å². The Morgan fingerprint density at radius 1 is 1.18 bits per heavy atom. The van der Waals surface area contributed by atoms with Gasteiger partial charge in [0.1, 0.15) is 0 Å². The van der Waals surface area contributed by atoms with Gasteiger partial charge in [-0.15, -0.1) is 11.6 Å². The normalized spacial score (nSPS) is 19.5. The van der Waals surface area contributed by atoms with E-state index in [-0.39, 0.29) is 23.0 Å². The zero-order chi connectivity index (χ0) is 15.7. The molecule has 0 saturated heterocycles. The number of carbonyl (C=O) groups is 1. The smallest absolute Gasteiger partial charge is 0.269 e. The first kappa shape index (κ1) is 14.5. The molecule has 0 spiro atoms.